The van der Waals surface area contributed by atoms with E-state index < -0.39 is 0 Å². The molecule has 0 spiro atoms. The molecule has 0 unspecified atom stereocenters. The molecule has 7 nitrogen and oxygen atoms in total. The van der Waals surface area contributed by atoms with Crippen molar-refractivity contribution in [3.05, 3.63) is 101 Å². The number of nitrogens with zero attached hydrogens (tertiary/aromatic N) is 2. The van der Waals surface area contributed by atoms with Crippen LogP contribution >= 0.6 is 0 Å². The minimum absolute atomic E-state index is 0.239. The first kappa shape index (κ1) is 22.8. The molecule has 34 heavy (non-hydrogen) atoms. The van der Waals surface area contributed by atoms with Crippen LogP contribution in [0.25, 0.3) is 5.69 Å². The Morgan fingerprint density at radius 2 is 1.47 bits per heavy atom. The van der Waals surface area contributed by atoms with Gasteiger partial charge in [0.1, 0.15) is 5.75 Å². The number of rotatable bonds is 7. The molecule has 172 valence electrons. The average molecular weight is 455 g/mol. The smallest absolute Gasteiger partial charge is 0.259 e. The monoisotopic (exact) mass is 454 g/mol. The van der Waals surface area contributed by atoms with Crippen molar-refractivity contribution >= 4 is 23.2 Å². The highest BCUT2D eigenvalue weighted by atomic mass is 16.5. The number of para-hydroxylation sites is 1. The number of anilines is 2. The summed E-state index contributed by atoms with van der Waals surface area (Å²) in [6.07, 6.45) is 1.57. The van der Waals surface area contributed by atoms with Crippen LogP contribution in [0.5, 0.6) is 5.75 Å². The third kappa shape index (κ3) is 4.99. The fraction of sp³-hybridized carbons (Fsp3) is 0.148. The molecule has 0 saturated carbocycles. The first-order valence-corrected chi connectivity index (χ1v) is 11.0. The molecule has 3 aromatic carbocycles. The maximum Gasteiger partial charge on any atom is 0.259 e. The molecular formula is C27H26N4O3. The van der Waals surface area contributed by atoms with Crippen LogP contribution in [0.1, 0.15) is 38.9 Å². The van der Waals surface area contributed by atoms with Crippen molar-refractivity contribution in [1.29, 1.82) is 0 Å². The summed E-state index contributed by atoms with van der Waals surface area (Å²) in [4.78, 5) is 25.4. The van der Waals surface area contributed by atoms with E-state index in [1.807, 2.05) is 45.0 Å². The van der Waals surface area contributed by atoms with Gasteiger partial charge < -0.3 is 15.4 Å². The summed E-state index contributed by atoms with van der Waals surface area (Å²) in [7, 11) is 0. The van der Waals surface area contributed by atoms with Crippen LogP contribution in [0.4, 0.5) is 11.4 Å². The first-order chi connectivity index (χ1) is 16.5. The standard InChI is InChI=1S/C27H26N4O3/c1-4-34-23-15-13-22(14-16-23)29-26(32)20-9-11-21(12-10-20)30-27(33)24-17-28-31(19(24)3)25-8-6-5-7-18(25)2/h5-17H,4H2,1-3H3,(H,29,32)(H,30,33). The number of ether oxygens (including phenoxy) is 1. The average Bonchev–Trinajstić information content (AvgIpc) is 3.22. The minimum Gasteiger partial charge on any atom is -0.494 e. The van der Waals surface area contributed by atoms with Crippen LogP contribution in [0.3, 0.4) is 0 Å². The number of carbonyl (C=O) groups excluding carboxylic acids is 2. The molecule has 1 heterocycles. The van der Waals surface area contributed by atoms with Gasteiger partial charge in [-0.2, -0.15) is 5.10 Å². The zero-order valence-corrected chi connectivity index (χ0v) is 19.3. The summed E-state index contributed by atoms with van der Waals surface area (Å²) in [5.74, 6) is 0.251. The van der Waals surface area contributed by atoms with Crippen molar-refractivity contribution in [3.8, 4) is 11.4 Å². The van der Waals surface area contributed by atoms with Crippen molar-refractivity contribution in [2.45, 2.75) is 20.8 Å². The van der Waals surface area contributed by atoms with Gasteiger partial charge in [0.25, 0.3) is 11.8 Å². The second kappa shape index (κ2) is 10.0. The Kier molecular flexibility index (Phi) is 6.73. The molecule has 2 amide bonds. The van der Waals surface area contributed by atoms with Crippen molar-refractivity contribution in [2.75, 3.05) is 17.2 Å². The maximum atomic E-state index is 12.8. The largest absolute Gasteiger partial charge is 0.494 e. The lowest BCUT2D eigenvalue weighted by molar-refractivity contribution is 0.101. The number of aromatic nitrogens is 2. The van der Waals surface area contributed by atoms with Crippen LogP contribution in [-0.2, 0) is 0 Å². The molecule has 0 saturated heterocycles. The van der Waals surface area contributed by atoms with E-state index >= 15 is 0 Å². The molecule has 7 heteroatoms. The molecule has 2 N–H and O–H groups in total. The van der Waals surface area contributed by atoms with Gasteiger partial charge in [-0.1, -0.05) is 18.2 Å². The van der Waals surface area contributed by atoms with Gasteiger partial charge in [0.2, 0.25) is 0 Å². The predicted octanol–water partition coefficient (Wildman–Crippen LogP) is 5.39. The van der Waals surface area contributed by atoms with Gasteiger partial charge >= 0.3 is 0 Å². The van der Waals surface area contributed by atoms with E-state index in [0.29, 0.717) is 29.1 Å². The summed E-state index contributed by atoms with van der Waals surface area (Å²) in [5.41, 5.74) is 4.98. The highest BCUT2D eigenvalue weighted by Crippen LogP contribution is 2.20. The molecule has 0 atom stereocenters. The number of carbonyl (C=O) groups is 2. The van der Waals surface area contributed by atoms with E-state index in [4.69, 9.17) is 4.74 Å². The number of hydrogen-bond acceptors (Lipinski definition) is 4. The SMILES string of the molecule is CCOc1ccc(NC(=O)c2ccc(NC(=O)c3cnn(-c4ccccc4C)c3C)cc2)cc1. The number of aryl methyl sites for hydroxylation is 1. The normalized spacial score (nSPS) is 10.6. The van der Waals surface area contributed by atoms with E-state index in [9.17, 15) is 9.59 Å². The Hall–Kier alpha value is -4.39. The molecule has 4 rings (SSSR count). The highest BCUT2D eigenvalue weighted by molar-refractivity contribution is 6.06. The fourth-order valence-electron chi connectivity index (χ4n) is 3.58. The van der Waals surface area contributed by atoms with Crippen LogP contribution in [0.15, 0.2) is 79.0 Å². The van der Waals surface area contributed by atoms with Crippen LogP contribution in [-0.4, -0.2) is 28.2 Å². The molecule has 0 fully saturated rings. The Morgan fingerprint density at radius 3 is 2.12 bits per heavy atom. The molecule has 0 aliphatic rings. The molecule has 0 aliphatic carbocycles. The number of nitrogens with one attached hydrogen (secondary N) is 2. The zero-order chi connectivity index (χ0) is 24.1. The summed E-state index contributed by atoms with van der Waals surface area (Å²) in [6, 6.07) is 21.8. The zero-order valence-electron chi connectivity index (χ0n) is 19.3. The summed E-state index contributed by atoms with van der Waals surface area (Å²) in [5, 5.41) is 10.1. The third-order valence-electron chi connectivity index (χ3n) is 5.43. The molecule has 0 radical (unpaired) electrons. The molecule has 0 bridgehead atoms. The molecule has 4 aromatic rings. The number of amides is 2. The summed E-state index contributed by atoms with van der Waals surface area (Å²) in [6.45, 7) is 6.37. The maximum absolute atomic E-state index is 12.8. The van der Waals surface area contributed by atoms with Crippen LogP contribution in [0, 0.1) is 13.8 Å². The van der Waals surface area contributed by atoms with Crippen LogP contribution < -0.4 is 15.4 Å². The lowest BCUT2D eigenvalue weighted by Crippen LogP contribution is -2.14. The molecule has 0 aliphatic heterocycles. The third-order valence-corrected chi connectivity index (χ3v) is 5.43. The molecule has 1 aromatic heterocycles. The van der Waals surface area contributed by atoms with Crippen LogP contribution in [0.2, 0.25) is 0 Å². The van der Waals surface area contributed by atoms with Gasteiger partial charge in [0.15, 0.2) is 0 Å². The van der Waals surface area contributed by atoms with Gasteiger partial charge in [-0.3, -0.25) is 9.59 Å². The second-order valence-corrected chi connectivity index (χ2v) is 7.78. The van der Waals surface area contributed by atoms with E-state index in [-0.39, 0.29) is 11.8 Å². The van der Waals surface area contributed by atoms with Gasteiger partial charge in [-0.05, 0) is 80.9 Å². The van der Waals surface area contributed by atoms with Gasteiger partial charge in [-0.15, -0.1) is 0 Å². The van der Waals surface area contributed by atoms with Crippen molar-refractivity contribution in [1.82, 2.24) is 9.78 Å². The fourth-order valence-corrected chi connectivity index (χ4v) is 3.58. The Balaban J connectivity index is 1.41. The van der Waals surface area contributed by atoms with Gasteiger partial charge in [0.05, 0.1) is 29.7 Å². The Labute approximate surface area is 198 Å². The van der Waals surface area contributed by atoms with Gasteiger partial charge in [-0.25, -0.2) is 4.68 Å². The Morgan fingerprint density at radius 1 is 0.853 bits per heavy atom. The Bertz CT molecular complexity index is 1310. The quantitative estimate of drug-likeness (QED) is 0.392. The first-order valence-electron chi connectivity index (χ1n) is 11.0. The van der Waals surface area contributed by atoms with Crippen molar-refractivity contribution in [3.63, 3.8) is 0 Å². The van der Waals surface area contributed by atoms with E-state index in [1.54, 1.807) is 59.4 Å². The second-order valence-electron chi connectivity index (χ2n) is 7.78. The minimum atomic E-state index is -0.260. The molecular weight excluding hydrogens is 428 g/mol. The number of benzene rings is 3. The number of hydrogen-bond donors (Lipinski definition) is 2. The van der Waals surface area contributed by atoms with Crippen molar-refractivity contribution in [2.24, 2.45) is 0 Å². The van der Waals surface area contributed by atoms with E-state index in [0.717, 1.165) is 22.7 Å². The summed E-state index contributed by atoms with van der Waals surface area (Å²) >= 11 is 0. The lowest BCUT2D eigenvalue weighted by Gasteiger charge is -2.10. The van der Waals surface area contributed by atoms with Gasteiger partial charge in [0, 0.05) is 16.9 Å². The summed E-state index contributed by atoms with van der Waals surface area (Å²) < 4.78 is 7.17. The highest BCUT2D eigenvalue weighted by Gasteiger charge is 2.16. The van der Waals surface area contributed by atoms with E-state index in [1.165, 1.54) is 0 Å². The van der Waals surface area contributed by atoms with Crippen molar-refractivity contribution < 1.29 is 14.3 Å². The topological polar surface area (TPSA) is 85.2 Å². The lowest BCUT2D eigenvalue weighted by atomic mass is 10.1. The van der Waals surface area contributed by atoms with E-state index in [2.05, 4.69) is 15.7 Å². The predicted molar refractivity (Wildman–Crippen MR) is 133 cm³/mol.